The maximum absolute atomic E-state index is 12.2. The van der Waals surface area contributed by atoms with Gasteiger partial charge in [0.25, 0.3) is 0 Å². The van der Waals surface area contributed by atoms with E-state index in [-0.39, 0.29) is 6.09 Å². The first-order valence-electron chi connectivity index (χ1n) is 8.33. The standard InChI is InChI=1S/C17H28N4O2/c1-13-18-9-7-15(20-13)12-19-14-6-5-10-21(11-8-14)16(22)23-17(2,3)4/h7,9,14,19H,5-6,8,10-12H2,1-4H3. The molecular formula is C17H28N4O2. The summed E-state index contributed by atoms with van der Waals surface area (Å²) in [6.45, 7) is 9.83. The lowest BCUT2D eigenvalue weighted by molar-refractivity contribution is 0.0256. The Morgan fingerprint density at radius 1 is 1.39 bits per heavy atom. The number of hydrogen-bond donors (Lipinski definition) is 1. The summed E-state index contributed by atoms with van der Waals surface area (Å²) in [5, 5.41) is 3.54. The van der Waals surface area contributed by atoms with Crippen LogP contribution >= 0.6 is 0 Å². The van der Waals surface area contributed by atoms with Crippen molar-refractivity contribution in [2.24, 2.45) is 0 Å². The van der Waals surface area contributed by atoms with Gasteiger partial charge in [-0.1, -0.05) is 0 Å². The van der Waals surface area contributed by atoms with Crippen LogP contribution in [0.25, 0.3) is 0 Å². The lowest BCUT2D eigenvalue weighted by Gasteiger charge is -2.26. The molecule has 0 bridgehead atoms. The van der Waals surface area contributed by atoms with Crippen molar-refractivity contribution >= 4 is 6.09 Å². The van der Waals surface area contributed by atoms with Gasteiger partial charge in [0.05, 0.1) is 5.69 Å². The Bertz CT molecular complexity index is 528. The molecule has 128 valence electrons. The van der Waals surface area contributed by atoms with Crippen molar-refractivity contribution in [1.29, 1.82) is 0 Å². The molecule has 1 saturated heterocycles. The van der Waals surface area contributed by atoms with Gasteiger partial charge in [-0.05, 0) is 53.0 Å². The van der Waals surface area contributed by atoms with E-state index in [2.05, 4.69) is 15.3 Å². The number of nitrogens with one attached hydrogen (secondary N) is 1. The number of carbonyl (C=O) groups is 1. The first-order valence-corrected chi connectivity index (χ1v) is 8.33. The van der Waals surface area contributed by atoms with Gasteiger partial charge in [-0.2, -0.15) is 0 Å². The fraction of sp³-hybridized carbons (Fsp3) is 0.706. The minimum atomic E-state index is -0.439. The summed E-state index contributed by atoms with van der Waals surface area (Å²) < 4.78 is 5.46. The van der Waals surface area contributed by atoms with Crippen LogP contribution < -0.4 is 5.32 Å². The van der Waals surface area contributed by atoms with E-state index in [9.17, 15) is 4.79 Å². The summed E-state index contributed by atoms with van der Waals surface area (Å²) in [7, 11) is 0. The van der Waals surface area contributed by atoms with Crippen molar-refractivity contribution in [2.45, 2.75) is 65.1 Å². The molecule has 2 heterocycles. The van der Waals surface area contributed by atoms with E-state index in [4.69, 9.17) is 4.74 Å². The van der Waals surface area contributed by atoms with Crippen molar-refractivity contribution < 1.29 is 9.53 Å². The van der Waals surface area contributed by atoms with Gasteiger partial charge in [0.15, 0.2) is 0 Å². The van der Waals surface area contributed by atoms with Crippen molar-refractivity contribution in [1.82, 2.24) is 20.2 Å². The predicted octanol–water partition coefficient (Wildman–Crippen LogP) is 2.66. The highest BCUT2D eigenvalue weighted by Crippen LogP contribution is 2.15. The largest absolute Gasteiger partial charge is 0.444 e. The SMILES string of the molecule is Cc1nccc(CNC2CCCN(C(=O)OC(C)(C)C)CC2)n1. The predicted molar refractivity (Wildman–Crippen MR) is 89.1 cm³/mol. The Kier molecular flexibility index (Phi) is 5.93. The van der Waals surface area contributed by atoms with Crippen LogP contribution in [-0.2, 0) is 11.3 Å². The second-order valence-electron chi connectivity index (χ2n) is 7.07. The molecule has 0 aromatic carbocycles. The zero-order valence-corrected chi connectivity index (χ0v) is 14.6. The Labute approximate surface area is 138 Å². The quantitative estimate of drug-likeness (QED) is 0.927. The Hall–Kier alpha value is -1.69. The van der Waals surface area contributed by atoms with Gasteiger partial charge in [0.2, 0.25) is 0 Å². The third-order valence-corrected chi connectivity index (χ3v) is 3.79. The average Bonchev–Trinajstić information content (AvgIpc) is 2.69. The molecule has 1 N–H and O–H groups in total. The first kappa shape index (κ1) is 17.7. The fourth-order valence-electron chi connectivity index (χ4n) is 2.66. The van der Waals surface area contributed by atoms with Gasteiger partial charge >= 0.3 is 6.09 Å². The van der Waals surface area contributed by atoms with Gasteiger partial charge < -0.3 is 15.0 Å². The molecule has 1 aliphatic rings. The highest BCUT2D eigenvalue weighted by molar-refractivity contribution is 5.68. The minimum Gasteiger partial charge on any atom is -0.444 e. The monoisotopic (exact) mass is 320 g/mol. The number of nitrogens with zero attached hydrogens (tertiary/aromatic N) is 3. The zero-order chi connectivity index (χ0) is 16.9. The normalized spacial score (nSPS) is 19.3. The van der Waals surface area contributed by atoms with E-state index in [0.29, 0.717) is 6.04 Å². The number of hydrogen-bond acceptors (Lipinski definition) is 5. The minimum absolute atomic E-state index is 0.204. The van der Waals surface area contributed by atoms with Crippen LogP contribution in [0.3, 0.4) is 0 Å². The zero-order valence-electron chi connectivity index (χ0n) is 14.6. The van der Waals surface area contributed by atoms with E-state index in [1.54, 1.807) is 6.20 Å². The van der Waals surface area contributed by atoms with Crippen LogP contribution in [-0.4, -0.2) is 45.7 Å². The topological polar surface area (TPSA) is 67.4 Å². The van der Waals surface area contributed by atoms with E-state index >= 15 is 0 Å². The molecule has 1 aromatic heterocycles. The number of likely N-dealkylation sites (tertiary alicyclic amines) is 1. The maximum Gasteiger partial charge on any atom is 0.410 e. The van der Waals surface area contributed by atoms with Crippen LogP contribution in [0.4, 0.5) is 4.79 Å². The molecule has 1 amide bonds. The highest BCUT2D eigenvalue weighted by atomic mass is 16.6. The third kappa shape index (κ3) is 6.14. The van der Waals surface area contributed by atoms with Gasteiger partial charge in [0, 0.05) is 31.9 Å². The fourth-order valence-corrected chi connectivity index (χ4v) is 2.66. The van der Waals surface area contributed by atoms with Crippen LogP contribution in [0.1, 0.15) is 51.6 Å². The molecule has 1 atom stereocenters. The molecule has 1 unspecified atom stereocenters. The van der Waals surface area contributed by atoms with Crippen molar-refractivity contribution in [3.63, 3.8) is 0 Å². The number of aryl methyl sites for hydroxylation is 1. The van der Waals surface area contributed by atoms with E-state index in [1.807, 2.05) is 38.7 Å². The molecule has 2 rings (SSSR count). The maximum atomic E-state index is 12.2. The summed E-state index contributed by atoms with van der Waals surface area (Å²) >= 11 is 0. The molecule has 6 heteroatoms. The summed E-state index contributed by atoms with van der Waals surface area (Å²) in [4.78, 5) is 22.5. The highest BCUT2D eigenvalue weighted by Gasteiger charge is 2.25. The number of rotatable bonds is 3. The molecule has 1 aromatic rings. The molecule has 0 radical (unpaired) electrons. The number of ether oxygens (including phenoxy) is 1. The van der Waals surface area contributed by atoms with Crippen LogP contribution in [0.5, 0.6) is 0 Å². The molecule has 23 heavy (non-hydrogen) atoms. The molecular weight excluding hydrogens is 292 g/mol. The molecule has 0 saturated carbocycles. The summed E-state index contributed by atoms with van der Waals surface area (Å²) in [5.74, 6) is 0.793. The first-order chi connectivity index (χ1) is 10.8. The van der Waals surface area contributed by atoms with Gasteiger partial charge in [-0.25, -0.2) is 14.8 Å². The van der Waals surface area contributed by atoms with Crippen molar-refractivity contribution in [3.8, 4) is 0 Å². The molecule has 0 spiro atoms. The van der Waals surface area contributed by atoms with Crippen LogP contribution in [0, 0.1) is 6.92 Å². The Balaban J connectivity index is 1.80. The Morgan fingerprint density at radius 2 is 2.17 bits per heavy atom. The van der Waals surface area contributed by atoms with Gasteiger partial charge in [-0.15, -0.1) is 0 Å². The third-order valence-electron chi connectivity index (χ3n) is 3.79. The van der Waals surface area contributed by atoms with Crippen molar-refractivity contribution in [2.75, 3.05) is 13.1 Å². The smallest absolute Gasteiger partial charge is 0.410 e. The van der Waals surface area contributed by atoms with Gasteiger partial charge in [0.1, 0.15) is 11.4 Å². The molecule has 1 aliphatic heterocycles. The summed E-state index contributed by atoms with van der Waals surface area (Å²) in [6.07, 6.45) is 4.56. The lowest BCUT2D eigenvalue weighted by atomic mass is 10.1. The summed E-state index contributed by atoms with van der Waals surface area (Å²) in [5.41, 5.74) is 0.567. The van der Waals surface area contributed by atoms with E-state index in [1.165, 1.54) is 0 Å². The Morgan fingerprint density at radius 3 is 2.87 bits per heavy atom. The van der Waals surface area contributed by atoms with Gasteiger partial charge in [-0.3, -0.25) is 0 Å². The van der Waals surface area contributed by atoms with E-state index < -0.39 is 5.60 Å². The van der Waals surface area contributed by atoms with Crippen molar-refractivity contribution in [3.05, 3.63) is 23.8 Å². The number of carbonyl (C=O) groups excluding carboxylic acids is 1. The molecule has 0 aliphatic carbocycles. The number of amides is 1. The lowest BCUT2D eigenvalue weighted by Crippen LogP contribution is -2.38. The number of aromatic nitrogens is 2. The van der Waals surface area contributed by atoms with E-state index in [0.717, 1.165) is 50.4 Å². The summed E-state index contributed by atoms with van der Waals surface area (Å²) in [6, 6.07) is 2.33. The molecule has 6 nitrogen and oxygen atoms in total. The second-order valence-corrected chi connectivity index (χ2v) is 7.07. The molecule has 1 fully saturated rings. The van der Waals surface area contributed by atoms with Crippen LogP contribution in [0.15, 0.2) is 12.3 Å². The van der Waals surface area contributed by atoms with Crippen LogP contribution in [0.2, 0.25) is 0 Å². The average molecular weight is 320 g/mol. The second kappa shape index (κ2) is 7.73.